The van der Waals surface area contributed by atoms with E-state index in [1.807, 2.05) is 40.1 Å². The molecule has 0 radical (unpaired) electrons. The summed E-state index contributed by atoms with van der Waals surface area (Å²) in [7, 11) is 1.89. The van der Waals surface area contributed by atoms with Crippen molar-refractivity contribution in [1.29, 1.82) is 0 Å². The van der Waals surface area contributed by atoms with E-state index in [9.17, 15) is 4.79 Å². The summed E-state index contributed by atoms with van der Waals surface area (Å²) >= 11 is 0. The third kappa shape index (κ3) is 1.46. The monoisotopic (exact) mass is 217 g/mol. The zero-order valence-electron chi connectivity index (χ0n) is 9.98. The van der Waals surface area contributed by atoms with Gasteiger partial charge in [0.25, 0.3) is 0 Å². The number of nitrogens with zero attached hydrogens (tertiary/aromatic N) is 3. The van der Waals surface area contributed by atoms with Gasteiger partial charge in [0.1, 0.15) is 0 Å². The fraction of sp³-hybridized carbons (Fsp3) is 0.333. The minimum atomic E-state index is 0.737. The van der Waals surface area contributed by atoms with E-state index in [1.54, 1.807) is 4.68 Å². The lowest BCUT2D eigenvalue weighted by atomic mass is 10.3. The molecule has 0 spiro atoms. The van der Waals surface area contributed by atoms with E-state index in [2.05, 4.69) is 9.67 Å². The van der Waals surface area contributed by atoms with E-state index in [0.29, 0.717) is 0 Å². The quantitative estimate of drug-likeness (QED) is 0.721. The highest BCUT2D eigenvalue weighted by Crippen LogP contribution is 2.21. The Labute approximate surface area is 94.5 Å². The van der Waals surface area contributed by atoms with E-state index >= 15 is 0 Å². The van der Waals surface area contributed by atoms with Crippen LogP contribution in [0, 0.1) is 20.8 Å². The summed E-state index contributed by atoms with van der Waals surface area (Å²) in [4.78, 5) is 10.9. The van der Waals surface area contributed by atoms with Crippen LogP contribution in [0.15, 0.2) is 12.3 Å². The molecule has 0 atom stereocenters. The lowest BCUT2D eigenvalue weighted by Gasteiger charge is -2.07. The highest BCUT2D eigenvalue weighted by atomic mass is 16.1. The zero-order valence-corrected chi connectivity index (χ0v) is 9.98. The van der Waals surface area contributed by atoms with Crippen LogP contribution in [-0.4, -0.2) is 20.6 Å². The predicted molar refractivity (Wildman–Crippen MR) is 62.1 cm³/mol. The van der Waals surface area contributed by atoms with Crippen LogP contribution in [0.25, 0.3) is 5.69 Å². The van der Waals surface area contributed by atoms with E-state index in [0.717, 1.165) is 34.6 Å². The second-order valence-electron chi connectivity index (χ2n) is 4.05. The van der Waals surface area contributed by atoms with Crippen molar-refractivity contribution in [2.45, 2.75) is 20.8 Å². The Hall–Kier alpha value is -1.84. The normalized spacial score (nSPS) is 10.8. The Morgan fingerprint density at radius 1 is 1.31 bits per heavy atom. The second-order valence-corrected chi connectivity index (χ2v) is 4.05. The molecular formula is C12H15N3O. The van der Waals surface area contributed by atoms with Gasteiger partial charge in [-0.05, 0) is 26.8 Å². The first-order chi connectivity index (χ1) is 7.54. The number of carbonyl (C=O) groups excluding carboxylic acids is 1. The summed E-state index contributed by atoms with van der Waals surface area (Å²) < 4.78 is 3.84. The lowest BCUT2D eigenvalue weighted by Crippen LogP contribution is -2.00. The average Bonchev–Trinajstić information content (AvgIpc) is 2.67. The Kier molecular flexibility index (Phi) is 2.42. The molecule has 0 aliphatic carbocycles. The summed E-state index contributed by atoms with van der Waals surface area (Å²) in [6.07, 6.45) is 2.86. The van der Waals surface area contributed by atoms with Crippen LogP contribution in [0.4, 0.5) is 0 Å². The maximum Gasteiger partial charge on any atom is 0.151 e. The van der Waals surface area contributed by atoms with Crippen molar-refractivity contribution in [3.63, 3.8) is 0 Å². The maximum atomic E-state index is 10.9. The van der Waals surface area contributed by atoms with Crippen LogP contribution in [0.5, 0.6) is 0 Å². The van der Waals surface area contributed by atoms with Crippen LogP contribution in [0.3, 0.4) is 0 Å². The van der Waals surface area contributed by atoms with Crippen LogP contribution in [0.1, 0.15) is 27.4 Å². The molecule has 4 heteroatoms. The molecule has 0 saturated carbocycles. The number of aryl methyl sites for hydroxylation is 3. The van der Waals surface area contributed by atoms with E-state index in [-0.39, 0.29) is 0 Å². The molecule has 0 aliphatic heterocycles. The van der Waals surface area contributed by atoms with Crippen molar-refractivity contribution in [1.82, 2.24) is 14.3 Å². The Morgan fingerprint density at radius 2 is 2.00 bits per heavy atom. The van der Waals surface area contributed by atoms with Crippen LogP contribution in [-0.2, 0) is 7.05 Å². The number of aldehydes is 1. The number of rotatable bonds is 2. The molecule has 4 nitrogen and oxygen atoms in total. The van der Waals surface area contributed by atoms with E-state index in [4.69, 9.17) is 0 Å². The summed E-state index contributed by atoms with van der Waals surface area (Å²) in [5, 5.41) is 4.31. The minimum Gasteiger partial charge on any atom is -0.315 e. The summed E-state index contributed by atoms with van der Waals surface area (Å²) in [5.41, 5.74) is 4.74. The molecule has 0 aromatic carbocycles. The SMILES string of the molecule is Cc1nn(C)cc1-n1c(C)cc(C=O)c1C. The van der Waals surface area contributed by atoms with E-state index in [1.165, 1.54) is 0 Å². The van der Waals surface area contributed by atoms with Crippen LogP contribution < -0.4 is 0 Å². The van der Waals surface area contributed by atoms with Crippen LogP contribution >= 0.6 is 0 Å². The standard InChI is InChI=1S/C12H15N3O/c1-8-5-11(7-16)10(3)15(8)12-6-14(4)13-9(12)2/h5-7H,1-4H3. The van der Waals surface area contributed by atoms with Gasteiger partial charge in [0.2, 0.25) is 0 Å². The highest BCUT2D eigenvalue weighted by molar-refractivity contribution is 5.77. The van der Waals surface area contributed by atoms with Gasteiger partial charge in [0, 0.05) is 30.2 Å². The molecular weight excluding hydrogens is 202 g/mol. The molecule has 2 aromatic heterocycles. The average molecular weight is 217 g/mol. The van der Waals surface area contributed by atoms with Crippen molar-refractivity contribution >= 4 is 6.29 Å². The Bertz CT molecular complexity index is 549. The first-order valence-corrected chi connectivity index (χ1v) is 5.19. The Balaban J connectivity index is 2.68. The van der Waals surface area contributed by atoms with Gasteiger partial charge in [-0.15, -0.1) is 0 Å². The largest absolute Gasteiger partial charge is 0.315 e. The number of hydrogen-bond donors (Lipinski definition) is 0. The fourth-order valence-corrected chi connectivity index (χ4v) is 2.08. The molecule has 2 heterocycles. The second kappa shape index (κ2) is 3.63. The zero-order chi connectivity index (χ0) is 11.9. The van der Waals surface area contributed by atoms with Gasteiger partial charge in [0.05, 0.1) is 11.4 Å². The van der Waals surface area contributed by atoms with Crippen molar-refractivity contribution in [2.24, 2.45) is 7.05 Å². The molecule has 84 valence electrons. The van der Waals surface area contributed by atoms with E-state index < -0.39 is 0 Å². The molecule has 0 unspecified atom stereocenters. The molecule has 16 heavy (non-hydrogen) atoms. The summed E-state index contributed by atoms with van der Waals surface area (Å²) in [6, 6.07) is 1.90. The topological polar surface area (TPSA) is 39.8 Å². The molecule has 0 N–H and O–H groups in total. The van der Waals surface area contributed by atoms with Gasteiger partial charge >= 0.3 is 0 Å². The Morgan fingerprint density at radius 3 is 2.44 bits per heavy atom. The summed E-state index contributed by atoms with van der Waals surface area (Å²) in [5.74, 6) is 0. The fourth-order valence-electron chi connectivity index (χ4n) is 2.08. The van der Waals surface area contributed by atoms with Gasteiger partial charge in [-0.3, -0.25) is 9.48 Å². The predicted octanol–water partition coefficient (Wildman–Crippen LogP) is 1.95. The van der Waals surface area contributed by atoms with Gasteiger partial charge in [-0.2, -0.15) is 5.10 Å². The third-order valence-corrected chi connectivity index (χ3v) is 2.83. The smallest absolute Gasteiger partial charge is 0.151 e. The lowest BCUT2D eigenvalue weighted by molar-refractivity contribution is 0.112. The molecule has 0 saturated heterocycles. The number of aromatic nitrogens is 3. The molecule has 2 rings (SSSR count). The van der Waals surface area contributed by atoms with Crippen molar-refractivity contribution in [3.8, 4) is 5.69 Å². The highest BCUT2D eigenvalue weighted by Gasteiger charge is 2.13. The van der Waals surface area contributed by atoms with Gasteiger partial charge in [-0.1, -0.05) is 0 Å². The third-order valence-electron chi connectivity index (χ3n) is 2.83. The molecule has 0 aliphatic rings. The van der Waals surface area contributed by atoms with Gasteiger partial charge < -0.3 is 4.57 Å². The van der Waals surface area contributed by atoms with Gasteiger partial charge in [-0.25, -0.2) is 0 Å². The maximum absolute atomic E-state index is 10.9. The summed E-state index contributed by atoms with van der Waals surface area (Å²) in [6.45, 7) is 5.91. The first kappa shape index (κ1) is 10.7. The van der Waals surface area contributed by atoms with Crippen molar-refractivity contribution in [2.75, 3.05) is 0 Å². The minimum absolute atomic E-state index is 0.737. The van der Waals surface area contributed by atoms with Crippen LogP contribution in [0.2, 0.25) is 0 Å². The molecule has 0 amide bonds. The number of hydrogen-bond acceptors (Lipinski definition) is 2. The molecule has 0 fully saturated rings. The number of carbonyl (C=O) groups is 1. The van der Waals surface area contributed by atoms with Crippen molar-refractivity contribution in [3.05, 3.63) is 34.9 Å². The van der Waals surface area contributed by atoms with Gasteiger partial charge in [0.15, 0.2) is 6.29 Å². The first-order valence-electron chi connectivity index (χ1n) is 5.19. The molecule has 0 bridgehead atoms. The van der Waals surface area contributed by atoms with Crippen molar-refractivity contribution < 1.29 is 4.79 Å². The molecule has 2 aromatic rings.